The maximum absolute atomic E-state index is 13.3. The molecule has 6 atom stereocenters. The molecule has 1 aromatic carbocycles. The van der Waals surface area contributed by atoms with Gasteiger partial charge >= 0.3 is 0 Å². The Morgan fingerprint density at radius 3 is 2.73 bits per heavy atom. The third-order valence-electron chi connectivity index (χ3n) is 8.92. The number of hydrogen-bond donors (Lipinski definition) is 2. The van der Waals surface area contributed by atoms with E-state index < -0.39 is 6.10 Å². The standard InChI is InChI=1S/C28H39N3O4S2/c1-16(26(33)31-10-12-36-13-11-31)19-8-9-28(3)15-22-24(17(2)23(28)25(19)32)30-27(37-22)29-20-14-18(34-4)6-7-21(20)35-5/h6-7,14,16-17,19,23,25,32H,8-13,15H2,1-5H3,(H,29,30)/t16-,17-,19-,23+,25-,28-/m0/s1. The van der Waals surface area contributed by atoms with Gasteiger partial charge in [0.15, 0.2) is 5.13 Å². The minimum absolute atomic E-state index is 0.00960. The molecule has 5 rings (SSSR count). The topological polar surface area (TPSA) is 83.9 Å². The summed E-state index contributed by atoms with van der Waals surface area (Å²) in [4.78, 5) is 21.6. The number of ether oxygens (including phenoxy) is 2. The Morgan fingerprint density at radius 2 is 2.03 bits per heavy atom. The van der Waals surface area contributed by atoms with E-state index in [2.05, 4.69) is 19.2 Å². The highest BCUT2D eigenvalue weighted by Gasteiger charge is 2.54. The summed E-state index contributed by atoms with van der Waals surface area (Å²) in [6.07, 6.45) is 2.29. The molecule has 0 bridgehead atoms. The molecule has 0 radical (unpaired) electrons. The van der Waals surface area contributed by atoms with Crippen molar-refractivity contribution < 1.29 is 19.4 Å². The van der Waals surface area contributed by atoms with Gasteiger partial charge in [-0.2, -0.15) is 11.8 Å². The summed E-state index contributed by atoms with van der Waals surface area (Å²) >= 11 is 3.60. The molecule has 1 saturated carbocycles. The van der Waals surface area contributed by atoms with Crippen molar-refractivity contribution in [2.45, 2.75) is 52.1 Å². The van der Waals surface area contributed by atoms with Crippen LogP contribution < -0.4 is 14.8 Å². The van der Waals surface area contributed by atoms with Gasteiger partial charge in [0.25, 0.3) is 0 Å². The number of carbonyl (C=O) groups is 1. The number of fused-ring (bicyclic) bond motifs is 2. The summed E-state index contributed by atoms with van der Waals surface area (Å²) < 4.78 is 10.9. The number of thiazole rings is 1. The van der Waals surface area contributed by atoms with Gasteiger partial charge in [-0.1, -0.05) is 20.8 Å². The number of rotatable bonds is 6. The Labute approximate surface area is 228 Å². The van der Waals surface area contributed by atoms with Crippen LogP contribution in [0.25, 0.3) is 0 Å². The number of aromatic nitrogens is 1. The van der Waals surface area contributed by atoms with E-state index in [1.807, 2.05) is 41.8 Å². The Hall–Kier alpha value is -1.97. The highest BCUT2D eigenvalue weighted by Crippen LogP contribution is 2.57. The molecular weight excluding hydrogens is 506 g/mol. The normalized spacial score (nSPS) is 30.2. The fourth-order valence-corrected chi connectivity index (χ4v) is 9.06. The molecule has 2 fully saturated rings. The second-order valence-corrected chi connectivity index (χ2v) is 13.4. The van der Waals surface area contributed by atoms with Crippen LogP contribution in [0.5, 0.6) is 11.5 Å². The first-order valence-electron chi connectivity index (χ1n) is 13.3. The fourth-order valence-electron chi connectivity index (χ4n) is 6.88. The quantitative estimate of drug-likeness (QED) is 0.518. The predicted molar refractivity (Wildman–Crippen MR) is 150 cm³/mol. The van der Waals surface area contributed by atoms with E-state index in [9.17, 15) is 9.90 Å². The van der Waals surface area contributed by atoms with Crippen LogP contribution in [0, 0.1) is 23.2 Å². The number of hydrogen-bond acceptors (Lipinski definition) is 8. The SMILES string of the molecule is COc1ccc(OC)c(Nc2nc3c(s2)C[C@]2(C)CC[C@@H]([C@H](C)C(=O)N4CCSCC4)[C@H](O)[C@H]2[C@@H]3C)c1. The number of benzene rings is 1. The Morgan fingerprint density at radius 1 is 1.27 bits per heavy atom. The minimum Gasteiger partial charge on any atom is -0.497 e. The highest BCUT2D eigenvalue weighted by molar-refractivity contribution is 7.99. The number of nitrogens with one attached hydrogen (secondary N) is 1. The number of nitrogens with zero attached hydrogens (tertiary/aromatic N) is 2. The van der Waals surface area contributed by atoms with E-state index in [1.165, 1.54) is 4.88 Å². The van der Waals surface area contributed by atoms with Crippen LogP contribution in [0.2, 0.25) is 0 Å². The first-order valence-corrected chi connectivity index (χ1v) is 15.3. The number of thioether (sulfide) groups is 1. The molecule has 37 heavy (non-hydrogen) atoms. The fraction of sp³-hybridized carbons (Fsp3) is 0.643. The Bertz CT molecular complexity index is 1130. The molecule has 1 aromatic heterocycles. The lowest BCUT2D eigenvalue weighted by Gasteiger charge is -2.53. The molecule has 0 unspecified atom stereocenters. The molecule has 202 valence electrons. The van der Waals surface area contributed by atoms with Gasteiger partial charge in [-0.25, -0.2) is 4.98 Å². The lowest BCUT2D eigenvalue weighted by molar-refractivity contribution is -0.144. The average Bonchev–Trinajstić information content (AvgIpc) is 3.30. The molecule has 7 nitrogen and oxygen atoms in total. The van der Waals surface area contributed by atoms with Gasteiger partial charge in [-0.3, -0.25) is 4.79 Å². The summed E-state index contributed by atoms with van der Waals surface area (Å²) in [5.41, 5.74) is 1.88. The highest BCUT2D eigenvalue weighted by atomic mass is 32.2. The van der Waals surface area contributed by atoms with Crippen LogP contribution in [-0.4, -0.2) is 65.8 Å². The summed E-state index contributed by atoms with van der Waals surface area (Å²) in [5, 5.41) is 16.0. The van der Waals surface area contributed by atoms with Gasteiger partial charge in [-0.15, -0.1) is 11.3 Å². The zero-order valence-electron chi connectivity index (χ0n) is 22.5. The van der Waals surface area contributed by atoms with Crippen LogP contribution in [0.3, 0.4) is 0 Å². The molecule has 1 saturated heterocycles. The van der Waals surface area contributed by atoms with Gasteiger partial charge in [0.05, 0.1) is 31.7 Å². The van der Waals surface area contributed by atoms with Crippen LogP contribution in [0.4, 0.5) is 10.8 Å². The molecule has 2 aromatic rings. The summed E-state index contributed by atoms with van der Waals surface area (Å²) in [6.45, 7) is 8.21. The van der Waals surface area contributed by atoms with Gasteiger partial charge in [0, 0.05) is 47.4 Å². The van der Waals surface area contributed by atoms with Crippen molar-refractivity contribution in [3.05, 3.63) is 28.8 Å². The number of amides is 1. The second kappa shape index (κ2) is 10.7. The summed E-state index contributed by atoms with van der Waals surface area (Å²) in [7, 11) is 3.30. The van der Waals surface area contributed by atoms with Crippen molar-refractivity contribution in [1.82, 2.24) is 9.88 Å². The lowest BCUT2D eigenvalue weighted by atomic mass is 9.53. The minimum atomic E-state index is -0.517. The number of anilines is 2. The lowest BCUT2D eigenvalue weighted by Crippen LogP contribution is -2.54. The Kier molecular flexibility index (Phi) is 7.67. The van der Waals surface area contributed by atoms with Crippen molar-refractivity contribution in [2.24, 2.45) is 23.2 Å². The van der Waals surface area contributed by atoms with E-state index in [-0.39, 0.29) is 35.0 Å². The third-order valence-corrected chi connectivity index (χ3v) is 10.9. The number of aliphatic hydroxyl groups excluding tert-OH is 1. The second-order valence-electron chi connectivity index (χ2n) is 11.1. The van der Waals surface area contributed by atoms with Gasteiger partial charge in [0.1, 0.15) is 11.5 Å². The van der Waals surface area contributed by atoms with Gasteiger partial charge < -0.3 is 24.8 Å². The van der Waals surface area contributed by atoms with E-state index in [0.29, 0.717) is 0 Å². The zero-order chi connectivity index (χ0) is 26.3. The summed E-state index contributed by atoms with van der Waals surface area (Å²) in [6, 6.07) is 5.67. The first-order chi connectivity index (χ1) is 17.8. The first kappa shape index (κ1) is 26.6. The molecule has 2 heterocycles. The smallest absolute Gasteiger partial charge is 0.225 e. The van der Waals surface area contributed by atoms with E-state index in [1.54, 1.807) is 25.6 Å². The van der Waals surface area contributed by atoms with Crippen LogP contribution in [-0.2, 0) is 11.2 Å². The average molecular weight is 546 g/mol. The van der Waals surface area contributed by atoms with E-state index in [4.69, 9.17) is 14.5 Å². The number of aliphatic hydroxyl groups is 1. The largest absolute Gasteiger partial charge is 0.497 e. The molecule has 2 aliphatic carbocycles. The molecule has 1 amide bonds. The number of carbonyl (C=O) groups excluding carboxylic acids is 1. The monoisotopic (exact) mass is 545 g/mol. The van der Waals surface area contributed by atoms with Crippen LogP contribution >= 0.6 is 23.1 Å². The molecular formula is C28H39N3O4S2. The van der Waals surface area contributed by atoms with Crippen molar-refractivity contribution in [3.63, 3.8) is 0 Å². The molecule has 3 aliphatic rings. The maximum atomic E-state index is 13.3. The van der Waals surface area contributed by atoms with E-state index >= 15 is 0 Å². The van der Waals surface area contributed by atoms with Gasteiger partial charge in [-0.05, 0) is 48.6 Å². The van der Waals surface area contributed by atoms with Crippen LogP contribution in [0.15, 0.2) is 18.2 Å². The van der Waals surface area contributed by atoms with E-state index in [0.717, 1.165) is 71.9 Å². The summed E-state index contributed by atoms with van der Waals surface area (Å²) in [5.74, 6) is 3.72. The third kappa shape index (κ3) is 4.94. The molecule has 1 aliphatic heterocycles. The Balaban J connectivity index is 1.37. The molecule has 2 N–H and O–H groups in total. The predicted octanol–water partition coefficient (Wildman–Crippen LogP) is 5.17. The molecule has 9 heteroatoms. The maximum Gasteiger partial charge on any atom is 0.225 e. The van der Waals surface area contributed by atoms with Crippen molar-refractivity contribution in [3.8, 4) is 11.5 Å². The van der Waals surface area contributed by atoms with Crippen molar-refractivity contribution in [1.29, 1.82) is 0 Å². The van der Waals surface area contributed by atoms with Crippen molar-refractivity contribution in [2.75, 3.05) is 44.1 Å². The zero-order valence-corrected chi connectivity index (χ0v) is 24.1. The molecule has 0 spiro atoms. The van der Waals surface area contributed by atoms with Crippen molar-refractivity contribution >= 4 is 39.8 Å². The van der Waals surface area contributed by atoms with Crippen LogP contribution in [0.1, 0.15) is 50.1 Å². The van der Waals surface area contributed by atoms with Gasteiger partial charge in [0.2, 0.25) is 5.91 Å². The number of methoxy groups -OCH3 is 2.